The van der Waals surface area contributed by atoms with E-state index in [1.54, 1.807) is 12.1 Å². The van der Waals surface area contributed by atoms with Gasteiger partial charge >= 0.3 is 5.97 Å². The summed E-state index contributed by atoms with van der Waals surface area (Å²) in [6.07, 6.45) is 2.51. The summed E-state index contributed by atoms with van der Waals surface area (Å²) >= 11 is 0. The molecule has 1 aliphatic rings. The average molecular weight is 296 g/mol. The second-order valence-corrected chi connectivity index (χ2v) is 5.57. The Morgan fingerprint density at radius 2 is 1.73 bits per heavy atom. The SMILES string of the molecule is O=C(O)c1ccc(CNc2ccccc2N2CCCC2)cc1. The molecule has 0 bridgehead atoms. The predicted octanol–water partition coefficient (Wildman–Crippen LogP) is 3.60. The van der Waals surface area contributed by atoms with Gasteiger partial charge in [0, 0.05) is 19.6 Å². The summed E-state index contributed by atoms with van der Waals surface area (Å²) in [6.45, 7) is 2.92. The molecule has 0 atom stereocenters. The van der Waals surface area contributed by atoms with Crippen molar-refractivity contribution in [2.75, 3.05) is 23.3 Å². The van der Waals surface area contributed by atoms with Crippen LogP contribution in [0.15, 0.2) is 48.5 Å². The molecule has 0 spiro atoms. The molecule has 0 aliphatic carbocycles. The van der Waals surface area contributed by atoms with Crippen LogP contribution in [0.1, 0.15) is 28.8 Å². The van der Waals surface area contributed by atoms with Crippen LogP contribution in [0, 0.1) is 0 Å². The van der Waals surface area contributed by atoms with Crippen molar-refractivity contribution in [3.63, 3.8) is 0 Å². The van der Waals surface area contributed by atoms with Crippen LogP contribution in [0.25, 0.3) is 0 Å². The zero-order chi connectivity index (χ0) is 15.4. The molecule has 2 aromatic rings. The number of carboxylic acids is 1. The van der Waals surface area contributed by atoms with E-state index in [1.807, 2.05) is 18.2 Å². The molecule has 4 heteroatoms. The van der Waals surface area contributed by atoms with Gasteiger partial charge < -0.3 is 15.3 Å². The van der Waals surface area contributed by atoms with Gasteiger partial charge in [0.2, 0.25) is 0 Å². The largest absolute Gasteiger partial charge is 0.478 e. The summed E-state index contributed by atoms with van der Waals surface area (Å²) in [5, 5.41) is 12.4. The first-order valence-corrected chi connectivity index (χ1v) is 7.64. The average Bonchev–Trinajstić information content (AvgIpc) is 3.08. The highest BCUT2D eigenvalue weighted by molar-refractivity contribution is 5.87. The van der Waals surface area contributed by atoms with E-state index in [4.69, 9.17) is 5.11 Å². The quantitative estimate of drug-likeness (QED) is 0.885. The lowest BCUT2D eigenvalue weighted by Gasteiger charge is -2.22. The fourth-order valence-corrected chi connectivity index (χ4v) is 2.82. The zero-order valence-electron chi connectivity index (χ0n) is 12.5. The molecule has 1 saturated heterocycles. The van der Waals surface area contributed by atoms with Crippen molar-refractivity contribution >= 4 is 17.3 Å². The maximum absolute atomic E-state index is 10.9. The minimum atomic E-state index is -0.890. The highest BCUT2D eigenvalue weighted by Crippen LogP contribution is 2.28. The number of rotatable bonds is 5. The number of anilines is 2. The summed E-state index contributed by atoms with van der Waals surface area (Å²) < 4.78 is 0. The summed E-state index contributed by atoms with van der Waals surface area (Å²) in [5.74, 6) is -0.890. The van der Waals surface area contributed by atoms with Gasteiger partial charge in [-0.1, -0.05) is 24.3 Å². The lowest BCUT2D eigenvalue weighted by molar-refractivity contribution is 0.0697. The molecule has 0 amide bonds. The molecule has 114 valence electrons. The van der Waals surface area contributed by atoms with Gasteiger partial charge in [0.15, 0.2) is 0 Å². The Morgan fingerprint density at radius 1 is 1.05 bits per heavy atom. The molecule has 22 heavy (non-hydrogen) atoms. The monoisotopic (exact) mass is 296 g/mol. The van der Waals surface area contributed by atoms with Crippen molar-refractivity contribution in [1.29, 1.82) is 0 Å². The number of aromatic carboxylic acids is 1. The van der Waals surface area contributed by atoms with Crippen molar-refractivity contribution in [2.24, 2.45) is 0 Å². The van der Waals surface area contributed by atoms with E-state index in [1.165, 1.54) is 18.5 Å². The first kappa shape index (κ1) is 14.4. The van der Waals surface area contributed by atoms with Crippen molar-refractivity contribution in [2.45, 2.75) is 19.4 Å². The van der Waals surface area contributed by atoms with E-state index < -0.39 is 5.97 Å². The Bertz CT molecular complexity index is 646. The Kier molecular flexibility index (Phi) is 4.28. The third-order valence-corrected chi connectivity index (χ3v) is 4.03. The fraction of sp³-hybridized carbons (Fsp3) is 0.278. The van der Waals surface area contributed by atoms with Crippen LogP contribution in [-0.2, 0) is 6.54 Å². The smallest absolute Gasteiger partial charge is 0.335 e. The molecule has 1 aliphatic heterocycles. The number of para-hydroxylation sites is 2. The molecule has 1 heterocycles. The topological polar surface area (TPSA) is 52.6 Å². The van der Waals surface area contributed by atoms with Gasteiger partial charge in [0.1, 0.15) is 0 Å². The van der Waals surface area contributed by atoms with Gasteiger partial charge in [0.05, 0.1) is 16.9 Å². The summed E-state index contributed by atoms with van der Waals surface area (Å²) in [5.41, 5.74) is 3.77. The molecule has 1 fully saturated rings. The van der Waals surface area contributed by atoms with Gasteiger partial charge in [-0.15, -0.1) is 0 Å². The number of hydrogen-bond acceptors (Lipinski definition) is 3. The van der Waals surface area contributed by atoms with Crippen LogP contribution in [0.5, 0.6) is 0 Å². The van der Waals surface area contributed by atoms with E-state index in [2.05, 4.69) is 28.4 Å². The minimum absolute atomic E-state index is 0.321. The molecule has 2 aromatic carbocycles. The van der Waals surface area contributed by atoms with Crippen LogP contribution in [-0.4, -0.2) is 24.2 Å². The lowest BCUT2D eigenvalue weighted by Crippen LogP contribution is -2.19. The fourth-order valence-electron chi connectivity index (χ4n) is 2.82. The highest BCUT2D eigenvalue weighted by Gasteiger charge is 2.15. The molecule has 2 N–H and O–H groups in total. The van der Waals surface area contributed by atoms with Crippen LogP contribution in [0.4, 0.5) is 11.4 Å². The van der Waals surface area contributed by atoms with Gasteiger partial charge in [0.25, 0.3) is 0 Å². The summed E-state index contributed by atoms with van der Waals surface area (Å²) in [7, 11) is 0. The molecule has 0 radical (unpaired) electrons. The normalized spacial score (nSPS) is 14.1. The molecule has 0 unspecified atom stereocenters. The van der Waals surface area contributed by atoms with E-state index >= 15 is 0 Å². The minimum Gasteiger partial charge on any atom is -0.478 e. The number of carboxylic acid groups (broad SMARTS) is 1. The molecule has 0 aromatic heterocycles. The van der Waals surface area contributed by atoms with Crippen LogP contribution < -0.4 is 10.2 Å². The van der Waals surface area contributed by atoms with Crippen molar-refractivity contribution < 1.29 is 9.90 Å². The van der Waals surface area contributed by atoms with Gasteiger partial charge in [-0.2, -0.15) is 0 Å². The molecular weight excluding hydrogens is 276 g/mol. The summed E-state index contributed by atoms with van der Waals surface area (Å²) in [6, 6.07) is 15.4. The maximum atomic E-state index is 10.9. The maximum Gasteiger partial charge on any atom is 0.335 e. The van der Waals surface area contributed by atoms with E-state index in [9.17, 15) is 4.79 Å². The lowest BCUT2D eigenvalue weighted by atomic mass is 10.1. The van der Waals surface area contributed by atoms with Crippen molar-refractivity contribution in [3.8, 4) is 0 Å². The summed E-state index contributed by atoms with van der Waals surface area (Å²) in [4.78, 5) is 13.3. The number of nitrogens with zero attached hydrogens (tertiary/aromatic N) is 1. The van der Waals surface area contributed by atoms with Crippen LogP contribution in [0.3, 0.4) is 0 Å². The third-order valence-electron chi connectivity index (χ3n) is 4.03. The number of carbonyl (C=O) groups is 1. The molecule has 4 nitrogen and oxygen atoms in total. The predicted molar refractivity (Wildman–Crippen MR) is 88.6 cm³/mol. The van der Waals surface area contributed by atoms with Gasteiger partial charge in [-0.3, -0.25) is 0 Å². The van der Waals surface area contributed by atoms with Crippen molar-refractivity contribution in [3.05, 3.63) is 59.7 Å². The van der Waals surface area contributed by atoms with E-state index in [0.717, 1.165) is 24.3 Å². The second-order valence-electron chi connectivity index (χ2n) is 5.57. The standard InChI is InChI=1S/C18H20N2O2/c21-18(22)15-9-7-14(8-10-15)13-19-16-5-1-2-6-17(16)20-11-3-4-12-20/h1-2,5-10,19H,3-4,11-13H2,(H,21,22). The van der Waals surface area contributed by atoms with Gasteiger partial charge in [-0.05, 0) is 42.7 Å². The molecular formula is C18H20N2O2. The van der Waals surface area contributed by atoms with Crippen LogP contribution >= 0.6 is 0 Å². The highest BCUT2D eigenvalue weighted by atomic mass is 16.4. The number of nitrogens with one attached hydrogen (secondary N) is 1. The van der Waals surface area contributed by atoms with Crippen LogP contribution in [0.2, 0.25) is 0 Å². The van der Waals surface area contributed by atoms with Gasteiger partial charge in [-0.25, -0.2) is 4.79 Å². The Hall–Kier alpha value is -2.49. The second kappa shape index (κ2) is 6.52. The van der Waals surface area contributed by atoms with E-state index in [-0.39, 0.29) is 0 Å². The Balaban J connectivity index is 1.69. The molecule has 0 saturated carbocycles. The number of hydrogen-bond donors (Lipinski definition) is 2. The Morgan fingerprint density at radius 3 is 2.41 bits per heavy atom. The number of benzene rings is 2. The first-order valence-electron chi connectivity index (χ1n) is 7.64. The van der Waals surface area contributed by atoms with E-state index in [0.29, 0.717) is 12.1 Å². The molecule has 3 rings (SSSR count). The first-order chi connectivity index (χ1) is 10.7. The Labute approximate surface area is 130 Å². The van der Waals surface area contributed by atoms with Crippen molar-refractivity contribution in [1.82, 2.24) is 0 Å². The zero-order valence-corrected chi connectivity index (χ0v) is 12.5. The third kappa shape index (κ3) is 3.22.